The van der Waals surface area contributed by atoms with E-state index in [0.29, 0.717) is 19.3 Å². The molecule has 1 aromatic carbocycles. The van der Waals surface area contributed by atoms with Gasteiger partial charge in [0.05, 0.1) is 6.10 Å². The number of amides is 1. The van der Waals surface area contributed by atoms with Crippen molar-refractivity contribution in [3.8, 4) is 0 Å². The Bertz CT molecular complexity index is 715. The van der Waals surface area contributed by atoms with Gasteiger partial charge in [0.25, 0.3) is 0 Å². The Morgan fingerprint density at radius 2 is 1.96 bits per heavy atom. The molecule has 3 rings (SSSR count). The van der Waals surface area contributed by atoms with Crippen LogP contribution in [0.25, 0.3) is 0 Å². The SMILES string of the molecule is C[C@@]1(CCCB(O)O)[C@@H]2[C@@H](C[C@@H]2O)N(C(=O)OCc2ccccc2)[C@@H]1C(=O)O. The van der Waals surface area contributed by atoms with Gasteiger partial charge in [0, 0.05) is 17.4 Å². The quantitative estimate of drug-likeness (QED) is 0.513. The average molecular weight is 391 g/mol. The van der Waals surface area contributed by atoms with Crippen molar-refractivity contribution in [2.24, 2.45) is 11.3 Å². The number of carbonyl (C=O) groups excluding carboxylic acids is 1. The predicted molar refractivity (Wildman–Crippen MR) is 100 cm³/mol. The van der Waals surface area contributed by atoms with Gasteiger partial charge in [-0.1, -0.05) is 43.7 Å². The molecule has 1 saturated carbocycles. The molecule has 2 aliphatic rings. The second-order valence-corrected chi connectivity index (χ2v) is 7.96. The number of likely N-dealkylation sites (tertiary alicyclic amines) is 1. The Labute approximate surface area is 163 Å². The Hall–Kier alpha value is -2.10. The van der Waals surface area contributed by atoms with Crippen LogP contribution in [0.1, 0.15) is 31.7 Å². The Kier molecular flexibility index (Phi) is 5.97. The molecule has 2 fully saturated rings. The maximum atomic E-state index is 12.8. The molecule has 5 atom stereocenters. The van der Waals surface area contributed by atoms with Gasteiger partial charge >= 0.3 is 19.2 Å². The zero-order valence-electron chi connectivity index (χ0n) is 15.8. The highest BCUT2D eigenvalue weighted by atomic mass is 16.6. The van der Waals surface area contributed by atoms with Crippen molar-refractivity contribution >= 4 is 19.2 Å². The molecule has 0 aromatic heterocycles. The molecule has 0 radical (unpaired) electrons. The lowest BCUT2D eigenvalue weighted by atomic mass is 9.60. The van der Waals surface area contributed by atoms with Crippen molar-refractivity contribution in [3.63, 3.8) is 0 Å². The summed E-state index contributed by atoms with van der Waals surface area (Å²) >= 11 is 0. The van der Waals surface area contributed by atoms with E-state index in [1.807, 2.05) is 30.3 Å². The number of benzene rings is 1. The maximum Gasteiger partial charge on any atom is 0.451 e. The summed E-state index contributed by atoms with van der Waals surface area (Å²) in [7, 11) is -1.47. The number of carboxylic acids is 1. The van der Waals surface area contributed by atoms with Crippen LogP contribution >= 0.6 is 0 Å². The van der Waals surface area contributed by atoms with Crippen molar-refractivity contribution in [1.82, 2.24) is 4.90 Å². The zero-order valence-corrected chi connectivity index (χ0v) is 15.8. The molecule has 4 N–H and O–H groups in total. The first-order valence-corrected chi connectivity index (χ1v) is 9.51. The molecule has 0 spiro atoms. The number of nitrogens with zero attached hydrogens (tertiary/aromatic N) is 1. The van der Waals surface area contributed by atoms with E-state index in [-0.39, 0.29) is 18.8 Å². The second-order valence-electron chi connectivity index (χ2n) is 7.96. The van der Waals surface area contributed by atoms with E-state index in [2.05, 4.69) is 0 Å². The van der Waals surface area contributed by atoms with Crippen LogP contribution < -0.4 is 0 Å². The van der Waals surface area contributed by atoms with E-state index in [0.717, 1.165) is 5.56 Å². The molecule has 152 valence electrons. The number of hydrogen-bond donors (Lipinski definition) is 4. The van der Waals surface area contributed by atoms with Crippen LogP contribution in [0.2, 0.25) is 6.32 Å². The smallest absolute Gasteiger partial charge is 0.451 e. The fraction of sp³-hybridized carbons (Fsp3) is 0.579. The van der Waals surface area contributed by atoms with Crippen LogP contribution in [0.5, 0.6) is 0 Å². The lowest BCUT2D eigenvalue weighted by Gasteiger charge is -2.44. The number of aliphatic hydroxyl groups excluding tert-OH is 1. The van der Waals surface area contributed by atoms with Gasteiger partial charge in [-0.25, -0.2) is 9.59 Å². The van der Waals surface area contributed by atoms with Crippen LogP contribution in [0, 0.1) is 11.3 Å². The summed E-state index contributed by atoms with van der Waals surface area (Å²) in [6.07, 6.45) is -0.254. The molecule has 8 nitrogen and oxygen atoms in total. The molecule has 28 heavy (non-hydrogen) atoms. The van der Waals surface area contributed by atoms with E-state index in [4.69, 9.17) is 14.8 Å². The minimum atomic E-state index is -1.47. The predicted octanol–water partition coefficient (Wildman–Crippen LogP) is 1.10. The largest absolute Gasteiger partial charge is 0.480 e. The number of hydrogen-bond acceptors (Lipinski definition) is 6. The number of carbonyl (C=O) groups is 2. The number of fused-ring (bicyclic) bond motifs is 1. The van der Waals surface area contributed by atoms with Gasteiger partial charge in [0.15, 0.2) is 0 Å². The van der Waals surface area contributed by atoms with E-state index < -0.39 is 42.8 Å². The van der Waals surface area contributed by atoms with Gasteiger partial charge in [0.2, 0.25) is 0 Å². The fourth-order valence-electron chi connectivity index (χ4n) is 4.86. The number of aliphatic carboxylic acids is 1. The van der Waals surface area contributed by atoms with Crippen molar-refractivity contribution < 1.29 is 34.6 Å². The van der Waals surface area contributed by atoms with Crippen LogP contribution in [0.3, 0.4) is 0 Å². The van der Waals surface area contributed by atoms with E-state index in [9.17, 15) is 19.8 Å². The molecule has 0 unspecified atom stereocenters. The van der Waals surface area contributed by atoms with Crippen LogP contribution in [0.4, 0.5) is 4.79 Å². The molecular formula is C19H26BNO7. The summed E-state index contributed by atoms with van der Waals surface area (Å²) < 4.78 is 5.38. The first-order valence-electron chi connectivity index (χ1n) is 9.51. The summed E-state index contributed by atoms with van der Waals surface area (Å²) in [5.41, 5.74) is -0.0822. The number of rotatable bonds is 7. The lowest BCUT2D eigenvalue weighted by Crippen LogP contribution is -2.53. The van der Waals surface area contributed by atoms with Gasteiger partial charge in [-0.05, 0) is 24.7 Å². The summed E-state index contributed by atoms with van der Waals surface area (Å²) in [6, 6.07) is 7.58. The number of aliphatic hydroxyl groups is 1. The monoisotopic (exact) mass is 391 g/mol. The van der Waals surface area contributed by atoms with Crippen molar-refractivity contribution in [3.05, 3.63) is 35.9 Å². The molecule has 1 heterocycles. The van der Waals surface area contributed by atoms with Gasteiger partial charge in [-0.15, -0.1) is 0 Å². The standard InChI is InChI=1S/C19H26BNO7/c1-19(8-5-9-20(26)27)15-13(10-14(15)22)21(16(19)17(23)24)18(25)28-11-12-6-3-2-4-7-12/h2-4,6-7,13-16,22,26-27H,5,8-11H2,1H3,(H,23,24)/t13-,14+,15-,16-,19-/m1/s1. The molecule has 1 amide bonds. The van der Waals surface area contributed by atoms with Crippen molar-refractivity contribution in [2.75, 3.05) is 0 Å². The van der Waals surface area contributed by atoms with Gasteiger partial charge in [-0.3, -0.25) is 4.90 Å². The third kappa shape index (κ3) is 3.74. The van der Waals surface area contributed by atoms with Crippen molar-refractivity contribution in [2.45, 2.75) is 57.3 Å². The maximum absolute atomic E-state index is 12.8. The minimum Gasteiger partial charge on any atom is -0.480 e. The third-order valence-electron chi connectivity index (χ3n) is 6.16. The van der Waals surface area contributed by atoms with E-state index >= 15 is 0 Å². The number of carboxylic acid groups (broad SMARTS) is 1. The molecule has 1 aliphatic heterocycles. The lowest BCUT2D eigenvalue weighted by molar-refractivity contribution is -0.145. The molecule has 1 saturated heterocycles. The van der Waals surface area contributed by atoms with Crippen LogP contribution in [-0.2, 0) is 16.1 Å². The molecule has 1 aromatic rings. The first kappa shape index (κ1) is 20.6. The van der Waals surface area contributed by atoms with Crippen LogP contribution in [0.15, 0.2) is 30.3 Å². The van der Waals surface area contributed by atoms with E-state index in [1.54, 1.807) is 6.92 Å². The molecule has 9 heteroatoms. The summed E-state index contributed by atoms with van der Waals surface area (Å²) in [4.78, 5) is 26.1. The number of ether oxygens (including phenoxy) is 1. The average Bonchev–Trinajstić information content (AvgIpc) is 2.83. The summed E-state index contributed by atoms with van der Waals surface area (Å²) in [5, 5.41) is 38.4. The summed E-state index contributed by atoms with van der Waals surface area (Å²) in [6.45, 7) is 1.79. The second kappa shape index (κ2) is 8.10. The molecule has 0 bridgehead atoms. The minimum absolute atomic E-state index is 0.0376. The fourth-order valence-corrected chi connectivity index (χ4v) is 4.86. The van der Waals surface area contributed by atoms with Gasteiger partial charge < -0.3 is 25.0 Å². The Morgan fingerprint density at radius 3 is 2.54 bits per heavy atom. The topological polar surface area (TPSA) is 128 Å². The molecular weight excluding hydrogens is 365 g/mol. The normalized spacial score (nSPS) is 31.1. The van der Waals surface area contributed by atoms with Gasteiger partial charge in [-0.2, -0.15) is 0 Å². The van der Waals surface area contributed by atoms with Gasteiger partial charge in [0.1, 0.15) is 12.6 Å². The summed E-state index contributed by atoms with van der Waals surface area (Å²) in [5.74, 6) is -1.53. The third-order valence-corrected chi connectivity index (χ3v) is 6.16. The zero-order chi connectivity index (χ0) is 20.5. The highest BCUT2D eigenvalue weighted by Crippen LogP contribution is 2.57. The first-order chi connectivity index (χ1) is 13.3. The highest BCUT2D eigenvalue weighted by Gasteiger charge is 2.67. The van der Waals surface area contributed by atoms with E-state index in [1.165, 1.54) is 4.90 Å². The Balaban J connectivity index is 1.78. The Morgan fingerprint density at radius 1 is 1.29 bits per heavy atom. The highest BCUT2D eigenvalue weighted by molar-refractivity contribution is 6.40. The van der Waals surface area contributed by atoms with Crippen molar-refractivity contribution in [1.29, 1.82) is 0 Å². The van der Waals surface area contributed by atoms with Crippen LogP contribution in [-0.4, -0.2) is 62.5 Å². The molecule has 1 aliphatic carbocycles.